The first-order valence-corrected chi connectivity index (χ1v) is 9.72. The highest BCUT2D eigenvalue weighted by Crippen LogP contribution is 2.43. The van der Waals surface area contributed by atoms with Gasteiger partial charge in [0.05, 0.1) is 4.58 Å². The van der Waals surface area contributed by atoms with Crippen LogP contribution in [0.25, 0.3) is 0 Å². The minimum absolute atomic E-state index is 0. The van der Waals surface area contributed by atoms with Gasteiger partial charge in [-0.1, -0.05) is 12.1 Å². The lowest BCUT2D eigenvalue weighted by Gasteiger charge is -2.31. The first-order valence-electron chi connectivity index (χ1n) is 7.62. The van der Waals surface area contributed by atoms with Crippen molar-refractivity contribution in [3.05, 3.63) is 35.4 Å². The van der Waals surface area contributed by atoms with Crippen molar-refractivity contribution < 1.29 is 4.79 Å². The van der Waals surface area contributed by atoms with Gasteiger partial charge >= 0.3 is 0 Å². The molecule has 22 heavy (non-hydrogen) atoms. The molecule has 0 bridgehead atoms. The third-order valence-electron chi connectivity index (χ3n) is 4.00. The van der Waals surface area contributed by atoms with E-state index in [4.69, 9.17) is 5.73 Å². The molecule has 0 saturated carbocycles. The van der Waals surface area contributed by atoms with Crippen molar-refractivity contribution in [3.63, 3.8) is 0 Å². The fourth-order valence-electron chi connectivity index (χ4n) is 2.84. The highest BCUT2D eigenvalue weighted by Gasteiger charge is 2.23. The van der Waals surface area contributed by atoms with E-state index in [0.717, 1.165) is 24.9 Å². The zero-order valence-corrected chi connectivity index (χ0v) is 15.0. The van der Waals surface area contributed by atoms with Crippen LogP contribution in [-0.2, 0) is 0 Å². The summed E-state index contributed by atoms with van der Waals surface area (Å²) in [5.41, 5.74) is 8.08. The number of benzene rings is 1. The summed E-state index contributed by atoms with van der Waals surface area (Å²) in [4.78, 5) is 14.4. The molecule has 1 aromatic carbocycles. The number of nitrogens with zero attached hydrogens (tertiary/aromatic N) is 1. The van der Waals surface area contributed by atoms with Gasteiger partial charge in [0.1, 0.15) is 0 Å². The van der Waals surface area contributed by atoms with Gasteiger partial charge in [-0.3, -0.25) is 4.79 Å². The van der Waals surface area contributed by atoms with E-state index in [0.29, 0.717) is 11.1 Å². The summed E-state index contributed by atoms with van der Waals surface area (Å²) in [7, 11) is 0. The van der Waals surface area contributed by atoms with Gasteiger partial charge in [-0.2, -0.15) is 0 Å². The largest absolute Gasteiger partial charge is 0.337 e. The van der Waals surface area contributed by atoms with Crippen LogP contribution in [0.2, 0.25) is 0 Å². The number of hydrogen-bond acceptors (Lipinski definition) is 4. The Bertz CT molecular complexity index is 491. The Morgan fingerprint density at radius 3 is 2.45 bits per heavy atom. The van der Waals surface area contributed by atoms with E-state index in [1.807, 2.05) is 40.6 Å². The smallest absolute Gasteiger partial charge is 0.253 e. The summed E-state index contributed by atoms with van der Waals surface area (Å²) in [6.07, 6.45) is 3.34. The minimum atomic E-state index is 0. The fraction of sp³-hybridized carbons (Fsp3) is 0.562. The summed E-state index contributed by atoms with van der Waals surface area (Å²) < 4.78 is 0.534. The molecule has 122 valence electrons. The lowest BCUT2D eigenvalue weighted by atomic mass is 10.0. The summed E-state index contributed by atoms with van der Waals surface area (Å²) >= 11 is 4.02. The third-order valence-corrected chi connectivity index (χ3v) is 7.02. The highest BCUT2D eigenvalue weighted by atomic mass is 35.5. The average molecular weight is 359 g/mol. The number of nitrogens with two attached hydrogens (primary N) is 1. The van der Waals surface area contributed by atoms with Crippen LogP contribution >= 0.6 is 35.9 Å². The highest BCUT2D eigenvalue weighted by molar-refractivity contribution is 8.16. The minimum Gasteiger partial charge on any atom is -0.337 e. The Morgan fingerprint density at radius 2 is 1.82 bits per heavy atom. The first kappa shape index (κ1) is 18.0. The summed E-state index contributed by atoms with van der Waals surface area (Å²) in [6.45, 7) is 1.53. The van der Waals surface area contributed by atoms with E-state index in [-0.39, 0.29) is 24.4 Å². The Labute approximate surface area is 147 Å². The topological polar surface area (TPSA) is 46.3 Å². The Morgan fingerprint density at radius 1 is 1.14 bits per heavy atom. The van der Waals surface area contributed by atoms with Gasteiger partial charge in [0.25, 0.3) is 5.91 Å². The van der Waals surface area contributed by atoms with E-state index >= 15 is 0 Å². The Kier molecular flexibility index (Phi) is 6.93. The second kappa shape index (κ2) is 8.48. The molecule has 2 aliphatic heterocycles. The lowest BCUT2D eigenvalue weighted by molar-refractivity contribution is 0.0709. The molecule has 2 heterocycles. The van der Waals surface area contributed by atoms with E-state index in [1.165, 1.54) is 23.5 Å². The summed E-state index contributed by atoms with van der Waals surface area (Å²) in [5.74, 6) is 2.61. The lowest BCUT2D eigenvalue weighted by Crippen LogP contribution is -2.45. The van der Waals surface area contributed by atoms with E-state index in [1.54, 1.807) is 0 Å². The van der Waals surface area contributed by atoms with Gasteiger partial charge < -0.3 is 10.6 Å². The Hall–Kier alpha value is -0.360. The number of thioether (sulfide) groups is 2. The zero-order valence-electron chi connectivity index (χ0n) is 12.6. The van der Waals surface area contributed by atoms with Gasteiger partial charge in [-0.15, -0.1) is 35.9 Å². The average Bonchev–Trinajstić information content (AvgIpc) is 2.55. The Balaban J connectivity index is 0.00000176. The second-order valence-corrected chi connectivity index (χ2v) is 8.43. The quantitative estimate of drug-likeness (QED) is 0.878. The number of rotatable bonds is 2. The molecule has 0 aromatic heterocycles. The summed E-state index contributed by atoms with van der Waals surface area (Å²) in [6, 6.07) is 8.33. The van der Waals surface area contributed by atoms with Crippen LogP contribution in [0.4, 0.5) is 0 Å². The molecule has 2 aliphatic rings. The molecule has 2 N–H and O–H groups in total. The van der Waals surface area contributed by atoms with Crippen molar-refractivity contribution in [2.45, 2.75) is 29.9 Å². The number of likely N-dealkylation sites (tertiary alicyclic amines) is 1. The van der Waals surface area contributed by atoms with Crippen molar-refractivity contribution in [1.29, 1.82) is 0 Å². The number of amides is 1. The van der Waals surface area contributed by atoms with Crippen LogP contribution < -0.4 is 5.73 Å². The van der Waals surface area contributed by atoms with Gasteiger partial charge in [0, 0.05) is 24.7 Å². The van der Waals surface area contributed by atoms with Crippen LogP contribution in [0.15, 0.2) is 24.3 Å². The third kappa shape index (κ3) is 4.34. The molecule has 2 fully saturated rings. The van der Waals surface area contributed by atoms with Gasteiger partial charge in [0.2, 0.25) is 0 Å². The molecule has 0 radical (unpaired) electrons. The summed E-state index contributed by atoms with van der Waals surface area (Å²) in [5, 5.41) is 0. The predicted molar refractivity (Wildman–Crippen MR) is 99.1 cm³/mol. The molecular formula is C16H23ClN2OS2. The van der Waals surface area contributed by atoms with E-state index in [2.05, 4.69) is 12.1 Å². The molecule has 1 amide bonds. The molecule has 0 aliphatic carbocycles. The van der Waals surface area contributed by atoms with Crippen molar-refractivity contribution >= 4 is 41.8 Å². The van der Waals surface area contributed by atoms with Gasteiger partial charge in [-0.05, 0) is 48.5 Å². The van der Waals surface area contributed by atoms with Crippen LogP contribution in [0.3, 0.4) is 0 Å². The number of carbonyl (C=O) groups is 1. The molecule has 2 saturated heterocycles. The number of piperidine rings is 1. The maximum Gasteiger partial charge on any atom is 0.253 e. The maximum absolute atomic E-state index is 12.5. The van der Waals surface area contributed by atoms with Crippen LogP contribution in [0.1, 0.15) is 39.8 Å². The van der Waals surface area contributed by atoms with E-state index < -0.39 is 0 Å². The van der Waals surface area contributed by atoms with Crippen molar-refractivity contribution in [1.82, 2.24) is 4.90 Å². The van der Waals surface area contributed by atoms with Gasteiger partial charge in [-0.25, -0.2) is 0 Å². The fourth-order valence-corrected chi connectivity index (χ4v) is 5.73. The van der Waals surface area contributed by atoms with Crippen molar-refractivity contribution in [2.24, 2.45) is 5.73 Å². The van der Waals surface area contributed by atoms with Crippen LogP contribution in [-0.4, -0.2) is 41.4 Å². The van der Waals surface area contributed by atoms with Crippen molar-refractivity contribution in [3.8, 4) is 0 Å². The SMILES string of the molecule is Cl.NC1CCCN(C(=O)c2ccc(C3SCCCS3)cc2)C1. The molecule has 3 nitrogen and oxygen atoms in total. The van der Waals surface area contributed by atoms with E-state index in [9.17, 15) is 4.79 Å². The van der Waals surface area contributed by atoms with Gasteiger partial charge in [0.15, 0.2) is 0 Å². The first-order chi connectivity index (χ1) is 10.2. The molecule has 3 rings (SSSR count). The molecular weight excluding hydrogens is 336 g/mol. The molecule has 0 spiro atoms. The number of carbonyl (C=O) groups excluding carboxylic acids is 1. The van der Waals surface area contributed by atoms with Crippen LogP contribution in [0.5, 0.6) is 0 Å². The number of halogens is 1. The standard InChI is InChI=1S/C16H22N2OS2.ClH/c17-14-3-1-8-18(11-14)15(19)12-4-6-13(7-5-12)16-20-9-2-10-21-16;/h4-7,14,16H,1-3,8-11,17H2;1H. The van der Waals surface area contributed by atoms with Crippen LogP contribution in [0, 0.1) is 0 Å². The zero-order chi connectivity index (χ0) is 14.7. The molecule has 1 aromatic rings. The maximum atomic E-state index is 12.5. The predicted octanol–water partition coefficient (Wildman–Crippen LogP) is 3.54. The molecule has 1 atom stereocenters. The normalized spacial score (nSPS) is 23.0. The molecule has 6 heteroatoms. The van der Waals surface area contributed by atoms with Crippen molar-refractivity contribution in [2.75, 3.05) is 24.6 Å². The number of hydrogen-bond donors (Lipinski definition) is 1. The second-order valence-electron chi connectivity index (χ2n) is 5.70. The molecule has 1 unspecified atom stereocenters. The monoisotopic (exact) mass is 358 g/mol.